The molecule has 0 saturated carbocycles. The third kappa shape index (κ3) is 3.82. The first kappa shape index (κ1) is 22.4. The van der Waals surface area contributed by atoms with Gasteiger partial charge in [0.15, 0.2) is 0 Å². The summed E-state index contributed by atoms with van der Waals surface area (Å²) < 4.78 is 21.0. The summed E-state index contributed by atoms with van der Waals surface area (Å²) in [5.74, 6) is 0.0756. The molecule has 0 spiro atoms. The number of halogens is 2. The fraction of sp³-hybridized carbons (Fsp3) is 0.280. The fourth-order valence-corrected chi connectivity index (χ4v) is 4.88. The summed E-state index contributed by atoms with van der Waals surface area (Å²) in [6.45, 7) is 0. The van der Waals surface area contributed by atoms with E-state index in [9.17, 15) is 4.39 Å². The molecule has 0 saturated heterocycles. The van der Waals surface area contributed by atoms with Crippen LogP contribution < -0.4 is 15.8 Å². The average molecular weight is 481 g/mol. The minimum absolute atomic E-state index is 0.0817. The zero-order valence-electron chi connectivity index (χ0n) is 19.2. The molecule has 2 unspecified atom stereocenters. The number of hydrogen-bond donors (Lipinski definition) is 2. The molecule has 34 heavy (non-hydrogen) atoms. The molecule has 3 N–H and O–H groups in total. The molecule has 0 radical (unpaired) electrons. The van der Waals surface area contributed by atoms with Crippen LogP contribution in [0, 0.1) is 5.82 Å². The van der Waals surface area contributed by atoms with E-state index in [-0.39, 0.29) is 11.7 Å². The van der Waals surface area contributed by atoms with E-state index in [1.807, 2.05) is 49.3 Å². The standard InChI is InChI=1S/C25H26ClFN6O/c1-32(2)24-19-10-9-18(15-4-7-17(27)8-5-15)23(19)30-25(28,31-24)16-6-11-20(21(12-16)34-3)33-13-22(26)29-14-33/h4-8,11-14,18,30H,9-10,28H2,1-3H3. The molecule has 176 valence electrons. The third-order valence-corrected chi connectivity index (χ3v) is 6.57. The maximum absolute atomic E-state index is 13.5. The number of nitrogens with two attached hydrogens (primary N) is 1. The highest BCUT2D eigenvalue weighted by atomic mass is 35.5. The predicted octanol–water partition coefficient (Wildman–Crippen LogP) is 4.14. The van der Waals surface area contributed by atoms with Gasteiger partial charge in [0, 0.05) is 43.0 Å². The van der Waals surface area contributed by atoms with Crippen LogP contribution in [0.25, 0.3) is 5.69 Å². The van der Waals surface area contributed by atoms with Gasteiger partial charge in [0.25, 0.3) is 0 Å². The van der Waals surface area contributed by atoms with Gasteiger partial charge in [-0.15, -0.1) is 0 Å². The number of imidazole rings is 1. The lowest BCUT2D eigenvalue weighted by atomic mass is 9.94. The number of benzene rings is 2. The Labute approximate surface area is 202 Å². The number of nitrogens with one attached hydrogen (secondary N) is 1. The Kier molecular flexibility index (Phi) is 5.58. The lowest BCUT2D eigenvalue weighted by molar-refractivity contribution is 0.368. The van der Waals surface area contributed by atoms with Crippen molar-refractivity contribution in [3.63, 3.8) is 0 Å². The van der Waals surface area contributed by atoms with Gasteiger partial charge in [0.1, 0.15) is 28.9 Å². The molecule has 0 bridgehead atoms. The van der Waals surface area contributed by atoms with Gasteiger partial charge in [-0.1, -0.05) is 29.8 Å². The van der Waals surface area contributed by atoms with E-state index in [1.165, 1.54) is 12.1 Å². The van der Waals surface area contributed by atoms with Gasteiger partial charge < -0.3 is 19.5 Å². The minimum atomic E-state index is -1.21. The van der Waals surface area contributed by atoms with Crippen molar-refractivity contribution in [2.24, 2.45) is 10.7 Å². The van der Waals surface area contributed by atoms with E-state index in [1.54, 1.807) is 24.2 Å². The van der Waals surface area contributed by atoms with Crippen LogP contribution in [0.1, 0.15) is 29.9 Å². The normalized spacial score (nSPS) is 21.7. The van der Waals surface area contributed by atoms with Gasteiger partial charge >= 0.3 is 0 Å². The second kappa shape index (κ2) is 8.45. The summed E-state index contributed by atoms with van der Waals surface area (Å²) in [4.78, 5) is 11.0. The number of methoxy groups -OCH3 is 1. The maximum atomic E-state index is 13.5. The second-order valence-electron chi connectivity index (χ2n) is 8.75. The number of aromatic nitrogens is 2. The van der Waals surface area contributed by atoms with Crippen LogP contribution in [0.15, 0.2) is 71.3 Å². The van der Waals surface area contributed by atoms with Crippen LogP contribution in [0.4, 0.5) is 4.39 Å². The van der Waals surface area contributed by atoms with Crippen molar-refractivity contribution >= 4 is 17.4 Å². The van der Waals surface area contributed by atoms with Crippen molar-refractivity contribution in [2.45, 2.75) is 24.5 Å². The van der Waals surface area contributed by atoms with Crippen molar-refractivity contribution in [2.75, 3.05) is 21.2 Å². The second-order valence-corrected chi connectivity index (χ2v) is 9.13. The van der Waals surface area contributed by atoms with Crippen LogP contribution in [0.2, 0.25) is 5.15 Å². The Morgan fingerprint density at radius 2 is 2.00 bits per heavy atom. The molecular formula is C25H26ClFN6O. The Hall–Kier alpha value is -3.36. The van der Waals surface area contributed by atoms with E-state index < -0.39 is 5.79 Å². The molecule has 7 nitrogen and oxygen atoms in total. The Morgan fingerprint density at radius 3 is 2.65 bits per heavy atom. The molecule has 1 aliphatic heterocycles. The molecule has 9 heteroatoms. The van der Waals surface area contributed by atoms with Gasteiger partial charge in [-0.3, -0.25) is 5.73 Å². The summed E-state index contributed by atoms with van der Waals surface area (Å²) in [6, 6.07) is 12.4. The first-order valence-electron chi connectivity index (χ1n) is 11.0. The first-order valence-corrected chi connectivity index (χ1v) is 11.4. The number of allylic oxidation sites excluding steroid dienone is 1. The Morgan fingerprint density at radius 1 is 1.24 bits per heavy atom. The zero-order valence-corrected chi connectivity index (χ0v) is 20.0. The average Bonchev–Trinajstić information content (AvgIpc) is 3.44. The van der Waals surface area contributed by atoms with Crippen molar-refractivity contribution < 1.29 is 9.13 Å². The Balaban J connectivity index is 1.56. The van der Waals surface area contributed by atoms with Gasteiger partial charge in [-0.2, -0.15) is 0 Å². The summed E-state index contributed by atoms with van der Waals surface area (Å²) in [5, 5.41) is 3.92. The quantitative estimate of drug-likeness (QED) is 0.586. The van der Waals surface area contributed by atoms with Crippen molar-refractivity contribution in [3.05, 3.63) is 88.4 Å². The van der Waals surface area contributed by atoms with E-state index in [0.29, 0.717) is 10.9 Å². The van der Waals surface area contributed by atoms with Gasteiger partial charge in [-0.25, -0.2) is 14.4 Å². The smallest absolute Gasteiger partial charge is 0.211 e. The minimum Gasteiger partial charge on any atom is -0.495 e. The molecule has 1 aliphatic carbocycles. The van der Waals surface area contributed by atoms with Crippen LogP contribution in [0.5, 0.6) is 5.75 Å². The summed E-state index contributed by atoms with van der Waals surface area (Å²) in [5.41, 5.74) is 11.7. The van der Waals surface area contributed by atoms with Crippen LogP contribution in [-0.4, -0.2) is 41.5 Å². The van der Waals surface area contributed by atoms with Crippen molar-refractivity contribution in [1.82, 2.24) is 19.8 Å². The van der Waals surface area contributed by atoms with Gasteiger partial charge in [0.2, 0.25) is 5.79 Å². The summed E-state index contributed by atoms with van der Waals surface area (Å²) in [6.07, 6.45) is 5.10. The highest BCUT2D eigenvalue weighted by Gasteiger charge is 2.41. The number of rotatable bonds is 4. The van der Waals surface area contributed by atoms with Gasteiger partial charge in [-0.05, 0) is 42.7 Å². The molecule has 2 aromatic carbocycles. The van der Waals surface area contributed by atoms with Crippen LogP contribution in [-0.2, 0) is 5.79 Å². The van der Waals surface area contributed by atoms with Crippen LogP contribution in [0.3, 0.4) is 0 Å². The van der Waals surface area contributed by atoms with Crippen LogP contribution >= 0.6 is 11.6 Å². The molecule has 2 atom stereocenters. The number of nitrogens with zero attached hydrogens (tertiary/aromatic N) is 4. The summed E-state index contributed by atoms with van der Waals surface area (Å²) >= 11 is 6.00. The molecular weight excluding hydrogens is 455 g/mol. The monoisotopic (exact) mass is 480 g/mol. The molecule has 0 amide bonds. The lowest BCUT2D eigenvalue weighted by Gasteiger charge is -2.37. The number of ether oxygens (including phenoxy) is 1. The van der Waals surface area contributed by atoms with E-state index in [4.69, 9.17) is 27.1 Å². The molecule has 2 aliphatic rings. The van der Waals surface area contributed by atoms with E-state index in [0.717, 1.165) is 46.8 Å². The summed E-state index contributed by atoms with van der Waals surface area (Å²) in [7, 11) is 5.54. The third-order valence-electron chi connectivity index (χ3n) is 6.38. The number of likely N-dealkylation sites (N-methyl/N-ethyl adjacent to an activating group) is 1. The number of amidine groups is 1. The lowest BCUT2D eigenvalue weighted by Crippen LogP contribution is -2.53. The molecule has 1 aromatic heterocycles. The fourth-order valence-electron chi connectivity index (χ4n) is 4.73. The molecule has 0 fully saturated rings. The molecule has 2 heterocycles. The van der Waals surface area contributed by atoms with E-state index >= 15 is 0 Å². The number of aliphatic imine (C=N–C) groups is 1. The largest absolute Gasteiger partial charge is 0.495 e. The topological polar surface area (TPSA) is 80.7 Å². The highest BCUT2D eigenvalue weighted by Crippen LogP contribution is 2.43. The molecule has 3 aromatic rings. The maximum Gasteiger partial charge on any atom is 0.211 e. The highest BCUT2D eigenvalue weighted by molar-refractivity contribution is 6.29. The first-order chi connectivity index (χ1) is 16.3. The van der Waals surface area contributed by atoms with E-state index in [2.05, 4.69) is 10.3 Å². The van der Waals surface area contributed by atoms with Crippen molar-refractivity contribution in [3.8, 4) is 11.4 Å². The van der Waals surface area contributed by atoms with Crippen molar-refractivity contribution in [1.29, 1.82) is 0 Å². The molecule has 5 rings (SSSR count). The number of hydrogen-bond acceptors (Lipinski definition) is 6. The van der Waals surface area contributed by atoms with Gasteiger partial charge in [0.05, 0.1) is 12.8 Å². The predicted molar refractivity (Wildman–Crippen MR) is 131 cm³/mol. The SMILES string of the molecule is COc1cc(C2(N)N=C(N(C)C)C3=C(N2)C(c2ccc(F)cc2)CC3)ccc1-n1cnc(Cl)c1. The zero-order chi connectivity index (χ0) is 24.0. The Bertz CT molecular complexity index is 1300.